The Kier molecular flexibility index (Phi) is 5.39. The maximum atomic E-state index is 6.42. The number of rotatable bonds is 5. The topological polar surface area (TPSA) is 21.3 Å². The van der Waals surface area contributed by atoms with Gasteiger partial charge in [0.15, 0.2) is 0 Å². The summed E-state index contributed by atoms with van der Waals surface area (Å²) in [6, 6.07) is 0. The molecule has 2 saturated carbocycles. The van der Waals surface area contributed by atoms with Crippen molar-refractivity contribution < 1.29 is 4.74 Å². The van der Waals surface area contributed by atoms with Gasteiger partial charge in [-0.25, -0.2) is 0 Å². The van der Waals surface area contributed by atoms with Crippen LogP contribution in [0.1, 0.15) is 83.5 Å². The van der Waals surface area contributed by atoms with Crippen molar-refractivity contribution in [2.45, 2.75) is 95.2 Å². The minimum atomic E-state index is 0.300. The minimum absolute atomic E-state index is 0.300. The molecule has 1 atom stereocenters. The van der Waals surface area contributed by atoms with E-state index in [1.807, 2.05) is 0 Å². The monoisotopic (exact) mass is 279 g/mol. The SMILES string of the molecule is C1CCC(CCNCC2CCC3(CCCCC3)O2)CC1. The van der Waals surface area contributed by atoms with Crippen molar-refractivity contribution in [1.29, 1.82) is 0 Å². The predicted octanol–water partition coefficient (Wildman–Crippen LogP) is 4.43. The zero-order chi connectivity index (χ0) is 13.7. The molecule has 0 amide bonds. The predicted molar refractivity (Wildman–Crippen MR) is 84.0 cm³/mol. The summed E-state index contributed by atoms with van der Waals surface area (Å²) in [5, 5.41) is 3.67. The number of hydrogen-bond acceptors (Lipinski definition) is 2. The molecule has 0 radical (unpaired) electrons. The smallest absolute Gasteiger partial charge is 0.0708 e. The molecule has 1 unspecified atom stereocenters. The van der Waals surface area contributed by atoms with Crippen molar-refractivity contribution in [3.05, 3.63) is 0 Å². The van der Waals surface area contributed by atoms with E-state index in [4.69, 9.17) is 4.74 Å². The molecule has 1 spiro atoms. The lowest BCUT2D eigenvalue weighted by atomic mass is 9.83. The second-order valence-electron chi connectivity index (χ2n) is 7.52. The van der Waals surface area contributed by atoms with E-state index in [1.54, 1.807) is 0 Å². The first-order chi connectivity index (χ1) is 9.86. The summed E-state index contributed by atoms with van der Waals surface area (Å²) in [5.41, 5.74) is 0.300. The maximum absolute atomic E-state index is 6.42. The quantitative estimate of drug-likeness (QED) is 0.752. The Labute approximate surface area is 125 Å². The molecular formula is C18H33NO. The van der Waals surface area contributed by atoms with E-state index in [9.17, 15) is 0 Å². The van der Waals surface area contributed by atoms with Gasteiger partial charge in [-0.1, -0.05) is 51.4 Å². The molecule has 2 aliphatic carbocycles. The van der Waals surface area contributed by atoms with Gasteiger partial charge < -0.3 is 10.1 Å². The Balaban J connectivity index is 1.29. The van der Waals surface area contributed by atoms with Crippen LogP contribution >= 0.6 is 0 Å². The molecule has 116 valence electrons. The molecule has 1 saturated heterocycles. The Bertz CT molecular complexity index is 279. The molecule has 0 aromatic carbocycles. The molecule has 1 N–H and O–H groups in total. The van der Waals surface area contributed by atoms with Crippen LogP contribution < -0.4 is 5.32 Å². The normalized spacial score (nSPS) is 30.9. The van der Waals surface area contributed by atoms with Crippen LogP contribution in [0.5, 0.6) is 0 Å². The molecule has 0 aromatic rings. The van der Waals surface area contributed by atoms with E-state index in [2.05, 4.69) is 5.32 Å². The first-order valence-electron chi connectivity index (χ1n) is 9.25. The number of hydrogen-bond donors (Lipinski definition) is 1. The second kappa shape index (κ2) is 7.26. The van der Waals surface area contributed by atoms with Crippen LogP contribution in [0.15, 0.2) is 0 Å². The highest BCUT2D eigenvalue weighted by molar-refractivity contribution is 4.91. The van der Waals surface area contributed by atoms with Crippen LogP contribution in [0.2, 0.25) is 0 Å². The van der Waals surface area contributed by atoms with E-state index >= 15 is 0 Å². The van der Waals surface area contributed by atoms with Gasteiger partial charge in [0.2, 0.25) is 0 Å². The van der Waals surface area contributed by atoms with Crippen molar-refractivity contribution in [3.8, 4) is 0 Å². The van der Waals surface area contributed by atoms with Crippen LogP contribution in [-0.2, 0) is 4.74 Å². The van der Waals surface area contributed by atoms with E-state index in [-0.39, 0.29) is 0 Å². The second-order valence-corrected chi connectivity index (χ2v) is 7.52. The molecule has 2 nitrogen and oxygen atoms in total. The van der Waals surface area contributed by atoms with Crippen molar-refractivity contribution in [2.24, 2.45) is 5.92 Å². The van der Waals surface area contributed by atoms with Crippen LogP contribution in [0, 0.1) is 5.92 Å². The molecule has 0 bridgehead atoms. The fraction of sp³-hybridized carbons (Fsp3) is 1.00. The van der Waals surface area contributed by atoms with Crippen LogP contribution in [-0.4, -0.2) is 24.8 Å². The maximum Gasteiger partial charge on any atom is 0.0708 e. The first kappa shape index (κ1) is 14.8. The van der Waals surface area contributed by atoms with Gasteiger partial charge in [0.1, 0.15) is 0 Å². The van der Waals surface area contributed by atoms with Gasteiger partial charge in [0.25, 0.3) is 0 Å². The standard InChI is InChI=1S/C18H33NO/c1-3-7-16(8-4-1)10-14-19-15-17-9-13-18(20-17)11-5-2-6-12-18/h16-17,19H,1-15H2. The molecule has 3 fully saturated rings. The molecule has 3 rings (SSSR count). The Hall–Kier alpha value is -0.0800. The summed E-state index contributed by atoms with van der Waals surface area (Å²) in [4.78, 5) is 0. The van der Waals surface area contributed by atoms with Gasteiger partial charge in [0, 0.05) is 6.54 Å². The molecular weight excluding hydrogens is 246 g/mol. The third kappa shape index (κ3) is 3.98. The van der Waals surface area contributed by atoms with Crippen molar-refractivity contribution >= 4 is 0 Å². The highest BCUT2D eigenvalue weighted by Crippen LogP contribution is 2.41. The van der Waals surface area contributed by atoms with Gasteiger partial charge in [-0.15, -0.1) is 0 Å². The van der Waals surface area contributed by atoms with Crippen molar-refractivity contribution in [2.75, 3.05) is 13.1 Å². The summed E-state index contributed by atoms with van der Waals surface area (Å²) in [7, 11) is 0. The van der Waals surface area contributed by atoms with Crippen molar-refractivity contribution in [3.63, 3.8) is 0 Å². The zero-order valence-electron chi connectivity index (χ0n) is 13.2. The summed E-state index contributed by atoms with van der Waals surface area (Å²) >= 11 is 0. The lowest BCUT2D eigenvalue weighted by Crippen LogP contribution is -2.35. The Morgan fingerprint density at radius 2 is 1.60 bits per heavy atom. The van der Waals surface area contributed by atoms with E-state index in [0.29, 0.717) is 11.7 Å². The molecule has 20 heavy (non-hydrogen) atoms. The Morgan fingerprint density at radius 3 is 2.40 bits per heavy atom. The Morgan fingerprint density at radius 1 is 0.850 bits per heavy atom. The summed E-state index contributed by atoms with van der Waals surface area (Å²) in [5.74, 6) is 1.01. The molecule has 1 heterocycles. The van der Waals surface area contributed by atoms with Crippen LogP contribution in [0.3, 0.4) is 0 Å². The third-order valence-corrected chi connectivity index (χ3v) is 5.93. The fourth-order valence-electron chi connectivity index (χ4n) is 4.65. The highest BCUT2D eigenvalue weighted by atomic mass is 16.5. The van der Waals surface area contributed by atoms with E-state index < -0.39 is 0 Å². The van der Waals surface area contributed by atoms with Crippen LogP contribution in [0.25, 0.3) is 0 Å². The van der Waals surface area contributed by atoms with Gasteiger partial charge in [-0.2, -0.15) is 0 Å². The summed E-state index contributed by atoms with van der Waals surface area (Å²) in [6.07, 6.45) is 18.7. The van der Waals surface area contributed by atoms with Gasteiger partial charge in [-0.3, -0.25) is 0 Å². The fourth-order valence-corrected chi connectivity index (χ4v) is 4.65. The summed E-state index contributed by atoms with van der Waals surface area (Å²) < 4.78 is 6.42. The highest BCUT2D eigenvalue weighted by Gasteiger charge is 2.40. The number of nitrogens with one attached hydrogen (secondary N) is 1. The average molecular weight is 279 g/mol. The van der Waals surface area contributed by atoms with E-state index in [0.717, 1.165) is 12.5 Å². The van der Waals surface area contributed by atoms with Crippen molar-refractivity contribution in [1.82, 2.24) is 5.32 Å². The van der Waals surface area contributed by atoms with Crippen LogP contribution in [0.4, 0.5) is 0 Å². The first-order valence-corrected chi connectivity index (χ1v) is 9.25. The summed E-state index contributed by atoms with van der Waals surface area (Å²) in [6.45, 7) is 2.30. The van der Waals surface area contributed by atoms with Gasteiger partial charge >= 0.3 is 0 Å². The third-order valence-electron chi connectivity index (χ3n) is 5.93. The molecule has 2 heteroatoms. The lowest BCUT2D eigenvalue weighted by molar-refractivity contribution is -0.0623. The molecule has 0 aromatic heterocycles. The largest absolute Gasteiger partial charge is 0.370 e. The lowest BCUT2D eigenvalue weighted by Gasteiger charge is -2.33. The molecule has 1 aliphatic heterocycles. The minimum Gasteiger partial charge on any atom is -0.370 e. The average Bonchev–Trinajstić information content (AvgIpc) is 2.88. The zero-order valence-corrected chi connectivity index (χ0v) is 13.2. The number of ether oxygens (including phenoxy) is 1. The van der Waals surface area contributed by atoms with E-state index in [1.165, 1.54) is 90.0 Å². The molecule has 3 aliphatic rings. The van der Waals surface area contributed by atoms with Gasteiger partial charge in [-0.05, 0) is 44.6 Å². The van der Waals surface area contributed by atoms with Gasteiger partial charge in [0.05, 0.1) is 11.7 Å².